The molecule has 2 rings (SSSR count). The highest BCUT2D eigenvalue weighted by atomic mass is 16.1. The molecule has 0 unspecified atom stereocenters. The summed E-state index contributed by atoms with van der Waals surface area (Å²) in [5.74, 6) is 0. The van der Waals surface area contributed by atoms with Crippen LogP contribution in [0.2, 0.25) is 0 Å². The Morgan fingerprint density at radius 3 is 2.55 bits per heavy atom. The van der Waals surface area contributed by atoms with Crippen LogP contribution in [0.5, 0.6) is 0 Å². The Labute approximate surface area is 121 Å². The van der Waals surface area contributed by atoms with E-state index in [1.165, 1.54) is 51.4 Å². The fraction of sp³-hybridized carbons (Fsp3) is 0.750. The van der Waals surface area contributed by atoms with Crippen molar-refractivity contribution in [3.63, 3.8) is 0 Å². The molecular formula is C16H27N3O. The molecule has 1 aromatic heterocycles. The van der Waals surface area contributed by atoms with Crippen LogP contribution in [-0.2, 0) is 6.54 Å². The van der Waals surface area contributed by atoms with Crippen LogP contribution in [0.3, 0.4) is 0 Å². The normalized spacial score (nSPS) is 14.4. The third-order valence-corrected chi connectivity index (χ3v) is 3.79. The molecule has 0 amide bonds. The maximum absolute atomic E-state index is 11.9. The highest BCUT2D eigenvalue weighted by molar-refractivity contribution is 5.41. The molecule has 0 saturated heterocycles. The van der Waals surface area contributed by atoms with Gasteiger partial charge in [0.1, 0.15) is 0 Å². The summed E-state index contributed by atoms with van der Waals surface area (Å²) >= 11 is 0. The van der Waals surface area contributed by atoms with Crippen molar-refractivity contribution < 1.29 is 0 Å². The fourth-order valence-electron chi connectivity index (χ4n) is 2.36. The summed E-state index contributed by atoms with van der Waals surface area (Å²) < 4.78 is 1.59. The van der Waals surface area contributed by atoms with E-state index in [0.29, 0.717) is 6.04 Å². The van der Waals surface area contributed by atoms with Crippen molar-refractivity contribution in [2.45, 2.75) is 77.3 Å². The van der Waals surface area contributed by atoms with Gasteiger partial charge in [-0.1, -0.05) is 45.4 Å². The van der Waals surface area contributed by atoms with E-state index in [0.717, 1.165) is 18.7 Å². The Morgan fingerprint density at radius 1 is 1.20 bits per heavy atom. The average Bonchev–Trinajstić information content (AvgIpc) is 3.24. The standard InChI is InChI=1S/C16H27N3O/c1-2-3-4-5-6-7-8-11-19-16(20)12-15(13-17-19)18-14-9-10-14/h12-14,18H,2-11H2,1H3. The number of nitrogens with one attached hydrogen (secondary N) is 1. The van der Waals surface area contributed by atoms with Crippen LogP contribution in [0, 0.1) is 0 Å². The average molecular weight is 277 g/mol. The van der Waals surface area contributed by atoms with E-state index < -0.39 is 0 Å². The van der Waals surface area contributed by atoms with Gasteiger partial charge in [-0.05, 0) is 19.3 Å². The molecule has 4 heteroatoms. The minimum absolute atomic E-state index is 0.0154. The van der Waals surface area contributed by atoms with Gasteiger partial charge in [0, 0.05) is 18.7 Å². The first kappa shape index (κ1) is 15.1. The van der Waals surface area contributed by atoms with E-state index in [9.17, 15) is 4.79 Å². The first-order valence-corrected chi connectivity index (χ1v) is 8.13. The second-order valence-corrected chi connectivity index (χ2v) is 5.85. The number of aromatic nitrogens is 2. The zero-order valence-electron chi connectivity index (χ0n) is 12.6. The summed E-state index contributed by atoms with van der Waals surface area (Å²) in [6.07, 6.45) is 13.0. The van der Waals surface area contributed by atoms with E-state index in [4.69, 9.17) is 0 Å². The molecule has 0 aliphatic heterocycles. The molecule has 0 aromatic carbocycles. The van der Waals surface area contributed by atoms with Crippen LogP contribution in [0.1, 0.15) is 64.7 Å². The molecule has 1 aliphatic rings. The van der Waals surface area contributed by atoms with Crippen LogP contribution >= 0.6 is 0 Å². The Kier molecular flexibility index (Phi) is 6.09. The van der Waals surface area contributed by atoms with Crippen molar-refractivity contribution in [3.8, 4) is 0 Å². The van der Waals surface area contributed by atoms with Gasteiger partial charge in [-0.25, -0.2) is 4.68 Å². The van der Waals surface area contributed by atoms with Crippen LogP contribution < -0.4 is 10.9 Å². The summed E-state index contributed by atoms with van der Waals surface area (Å²) in [6.45, 7) is 2.98. The SMILES string of the molecule is CCCCCCCCCn1ncc(NC2CC2)cc1=O. The molecule has 0 bridgehead atoms. The molecular weight excluding hydrogens is 250 g/mol. The predicted octanol–water partition coefficient (Wildman–Crippen LogP) is 3.57. The van der Waals surface area contributed by atoms with Gasteiger partial charge in [0.2, 0.25) is 0 Å². The lowest BCUT2D eigenvalue weighted by molar-refractivity contribution is 0.506. The largest absolute Gasteiger partial charge is 0.381 e. The fourth-order valence-corrected chi connectivity index (χ4v) is 2.36. The summed E-state index contributed by atoms with van der Waals surface area (Å²) in [6, 6.07) is 2.24. The lowest BCUT2D eigenvalue weighted by Gasteiger charge is -2.07. The molecule has 1 aliphatic carbocycles. The topological polar surface area (TPSA) is 46.9 Å². The van der Waals surface area contributed by atoms with Gasteiger partial charge < -0.3 is 5.32 Å². The number of hydrogen-bond donors (Lipinski definition) is 1. The van der Waals surface area contributed by atoms with Crippen molar-refractivity contribution in [3.05, 3.63) is 22.6 Å². The molecule has 1 heterocycles. The Bertz CT molecular complexity index is 451. The highest BCUT2D eigenvalue weighted by Crippen LogP contribution is 2.23. The monoisotopic (exact) mass is 277 g/mol. The minimum atomic E-state index is 0.0154. The Morgan fingerprint density at radius 2 is 1.90 bits per heavy atom. The Hall–Kier alpha value is -1.32. The molecule has 1 saturated carbocycles. The van der Waals surface area contributed by atoms with Gasteiger partial charge in [0.25, 0.3) is 5.56 Å². The predicted molar refractivity (Wildman–Crippen MR) is 83.1 cm³/mol. The summed E-state index contributed by atoms with van der Waals surface area (Å²) in [7, 11) is 0. The van der Waals surface area contributed by atoms with Gasteiger partial charge >= 0.3 is 0 Å². The third-order valence-electron chi connectivity index (χ3n) is 3.79. The third kappa shape index (κ3) is 5.35. The number of unbranched alkanes of at least 4 members (excludes halogenated alkanes) is 6. The van der Waals surface area contributed by atoms with Crippen molar-refractivity contribution in [2.24, 2.45) is 0 Å². The van der Waals surface area contributed by atoms with E-state index in [1.807, 2.05) is 0 Å². The second-order valence-electron chi connectivity index (χ2n) is 5.85. The summed E-state index contributed by atoms with van der Waals surface area (Å²) in [5.41, 5.74) is 0.884. The van der Waals surface area contributed by atoms with Gasteiger partial charge in [-0.2, -0.15) is 5.10 Å². The van der Waals surface area contributed by atoms with Crippen LogP contribution in [0.15, 0.2) is 17.1 Å². The van der Waals surface area contributed by atoms with E-state index in [1.54, 1.807) is 16.9 Å². The molecule has 0 atom stereocenters. The zero-order chi connectivity index (χ0) is 14.2. The molecule has 4 nitrogen and oxygen atoms in total. The van der Waals surface area contributed by atoms with Crippen molar-refractivity contribution in [1.29, 1.82) is 0 Å². The van der Waals surface area contributed by atoms with E-state index in [2.05, 4.69) is 17.3 Å². The molecule has 0 radical (unpaired) electrons. The number of nitrogens with zero attached hydrogens (tertiary/aromatic N) is 2. The minimum Gasteiger partial charge on any atom is -0.381 e. The van der Waals surface area contributed by atoms with Crippen LogP contribution in [0.4, 0.5) is 5.69 Å². The maximum atomic E-state index is 11.9. The molecule has 1 fully saturated rings. The lowest BCUT2D eigenvalue weighted by atomic mass is 10.1. The number of hydrogen-bond acceptors (Lipinski definition) is 3. The quantitative estimate of drug-likeness (QED) is 0.665. The van der Waals surface area contributed by atoms with Crippen molar-refractivity contribution >= 4 is 5.69 Å². The first-order chi connectivity index (χ1) is 9.79. The maximum Gasteiger partial charge on any atom is 0.268 e. The molecule has 0 spiro atoms. The van der Waals surface area contributed by atoms with Crippen molar-refractivity contribution in [2.75, 3.05) is 5.32 Å². The molecule has 20 heavy (non-hydrogen) atoms. The second kappa shape index (κ2) is 8.08. The van der Waals surface area contributed by atoms with Crippen molar-refractivity contribution in [1.82, 2.24) is 9.78 Å². The van der Waals surface area contributed by atoms with Gasteiger partial charge in [0.15, 0.2) is 0 Å². The Balaban J connectivity index is 1.66. The lowest BCUT2D eigenvalue weighted by Crippen LogP contribution is -2.22. The zero-order valence-corrected chi connectivity index (χ0v) is 12.6. The number of anilines is 1. The highest BCUT2D eigenvalue weighted by Gasteiger charge is 2.20. The number of aryl methyl sites for hydroxylation is 1. The van der Waals surface area contributed by atoms with Gasteiger partial charge in [-0.15, -0.1) is 0 Å². The molecule has 112 valence electrons. The van der Waals surface area contributed by atoms with E-state index >= 15 is 0 Å². The smallest absolute Gasteiger partial charge is 0.268 e. The van der Waals surface area contributed by atoms with Gasteiger partial charge in [0.05, 0.1) is 11.9 Å². The summed E-state index contributed by atoms with van der Waals surface area (Å²) in [4.78, 5) is 11.9. The van der Waals surface area contributed by atoms with E-state index in [-0.39, 0.29) is 5.56 Å². The van der Waals surface area contributed by atoms with Crippen LogP contribution in [0.25, 0.3) is 0 Å². The number of rotatable bonds is 10. The van der Waals surface area contributed by atoms with Crippen LogP contribution in [-0.4, -0.2) is 15.8 Å². The molecule has 1 N–H and O–H groups in total. The summed E-state index contributed by atoms with van der Waals surface area (Å²) in [5, 5.41) is 7.55. The van der Waals surface area contributed by atoms with Gasteiger partial charge in [-0.3, -0.25) is 4.79 Å². The first-order valence-electron chi connectivity index (χ1n) is 8.13. The molecule has 1 aromatic rings.